The van der Waals surface area contributed by atoms with Gasteiger partial charge in [-0.25, -0.2) is 0 Å². The second-order valence-corrected chi connectivity index (χ2v) is 6.08. The summed E-state index contributed by atoms with van der Waals surface area (Å²) in [6.45, 7) is 8.08. The molecule has 0 bridgehead atoms. The predicted octanol–water partition coefficient (Wildman–Crippen LogP) is 2.72. The Hall–Kier alpha value is -1.55. The summed E-state index contributed by atoms with van der Waals surface area (Å²) in [4.78, 5) is 11.3. The first-order valence-electron chi connectivity index (χ1n) is 6.82. The summed E-state index contributed by atoms with van der Waals surface area (Å²) in [5.74, 6) is 0.0495. The Morgan fingerprint density at radius 3 is 2.20 bits per heavy atom. The van der Waals surface area contributed by atoms with E-state index in [-0.39, 0.29) is 0 Å². The van der Waals surface area contributed by atoms with Gasteiger partial charge in [0.25, 0.3) is 0 Å². The molecule has 0 saturated carbocycles. The SMILES string of the molecule is COc1ccc(CCNC(C)(C)C(C)(C)C(=O)O)cc1. The van der Waals surface area contributed by atoms with Gasteiger partial charge in [0.15, 0.2) is 0 Å². The minimum atomic E-state index is -0.826. The summed E-state index contributed by atoms with van der Waals surface area (Å²) in [5.41, 5.74) is -0.111. The molecule has 112 valence electrons. The lowest BCUT2D eigenvalue weighted by Gasteiger charge is -2.39. The molecule has 1 aromatic rings. The van der Waals surface area contributed by atoms with Crippen molar-refractivity contribution in [1.29, 1.82) is 0 Å². The summed E-state index contributed by atoms with van der Waals surface area (Å²) in [7, 11) is 1.65. The number of rotatable bonds is 7. The van der Waals surface area contributed by atoms with Crippen LogP contribution in [0, 0.1) is 5.41 Å². The second kappa shape index (κ2) is 6.27. The van der Waals surface area contributed by atoms with E-state index in [4.69, 9.17) is 4.74 Å². The Kier molecular flexibility index (Phi) is 5.17. The maximum atomic E-state index is 11.3. The van der Waals surface area contributed by atoms with Gasteiger partial charge < -0.3 is 15.2 Å². The maximum absolute atomic E-state index is 11.3. The third-order valence-corrected chi connectivity index (χ3v) is 4.24. The summed E-state index contributed by atoms with van der Waals surface area (Å²) < 4.78 is 5.12. The molecule has 1 rings (SSSR count). The van der Waals surface area contributed by atoms with Crippen LogP contribution in [0.5, 0.6) is 5.75 Å². The fraction of sp³-hybridized carbons (Fsp3) is 0.562. The standard InChI is InChI=1S/C16H25NO3/c1-15(2,14(18)19)16(3,4)17-11-10-12-6-8-13(20-5)9-7-12/h6-9,17H,10-11H2,1-5H3,(H,18,19). The Labute approximate surface area is 121 Å². The van der Waals surface area contributed by atoms with E-state index >= 15 is 0 Å². The van der Waals surface area contributed by atoms with Crippen molar-refractivity contribution < 1.29 is 14.6 Å². The van der Waals surface area contributed by atoms with Crippen LogP contribution < -0.4 is 10.1 Å². The molecule has 0 radical (unpaired) electrons. The topological polar surface area (TPSA) is 58.6 Å². The fourth-order valence-corrected chi connectivity index (χ4v) is 1.80. The highest BCUT2D eigenvalue weighted by molar-refractivity contribution is 5.75. The van der Waals surface area contributed by atoms with Crippen LogP contribution in [-0.2, 0) is 11.2 Å². The van der Waals surface area contributed by atoms with Crippen LogP contribution in [0.2, 0.25) is 0 Å². The second-order valence-electron chi connectivity index (χ2n) is 6.08. The highest BCUT2D eigenvalue weighted by Gasteiger charge is 2.42. The van der Waals surface area contributed by atoms with Crippen molar-refractivity contribution in [3.05, 3.63) is 29.8 Å². The highest BCUT2D eigenvalue weighted by atomic mass is 16.5. The van der Waals surface area contributed by atoms with Crippen LogP contribution in [0.4, 0.5) is 0 Å². The highest BCUT2D eigenvalue weighted by Crippen LogP contribution is 2.30. The number of hydrogen-bond donors (Lipinski definition) is 2. The van der Waals surface area contributed by atoms with Crippen molar-refractivity contribution in [1.82, 2.24) is 5.32 Å². The van der Waals surface area contributed by atoms with Gasteiger partial charge in [0.1, 0.15) is 5.75 Å². The Morgan fingerprint density at radius 2 is 1.75 bits per heavy atom. The lowest BCUT2D eigenvalue weighted by Crippen LogP contribution is -2.55. The minimum Gasteiger partial charge on any atom is -0.497 e. The van der Waals surface area contributed by atoms with E-state index in [1.165, 1.54) is 5.56 Å². The molecule has 0 atom stereocenters. The number of carbonyl (C=O) groups is 1. The average molecular weight is 279 g/mol. The normalized spacial score (nSPS) is 12.2. The molecular formula is C16H25NO3. The van der Waals surface area contributed by atoms with E-state index in [1.54, 1.807) is 21.0 Å². The predicted molar refractivity (Wildman–Crippen MR) is 80.2 cm³/mol. The number of methoxy groups -OCH3 is 1. The van der Waals surface area contributed by atoms with E-state index in [0.717, 1.165) is 18.7 Å². The number of aliphatic carboxylic acids is 1. The Morgan fingerprint density at radius 1 is 1.20 bits per heavy atom. The number of carboxylic acids is 1. The van der Waals surface area contributed by atoms with Gasteiger partial charge in [-0.15, -0.1) is 0 Å². The average Bonchev–Trinajstić information content (AvgIpc) is 2.39. The van der Waals surface area contributed by atoms with Crippen molar-refractivity contribution in [2.24, 2.45) is 5.41 Å². The number of ether oxygens (including phenoxy) is 1. The zero-order valence-corrected chi connectivity index (χ0v) is 13.0. The van der Waals surface area contributed by atoms with Gasteiger partial charge in [0.2, 0.25) is 0 Å². The van der Waals surface area contributed by atoms with Gasteiger partial charge in [0.05, 0.1) is 12.5 Å². The van der Waals surface area contributed by atoms with Crippen LogP contribution in [0.1, 0.15) is 33.3 Å². The Bertz CT molecular complexity index is 449. The van der Waals surface area contributed by atoms with E-state index in [2.05, 4.69) is 5.32 Å². The molecule has 0 unspecified atom stereocenters. The van der Waals surface area contributed by atoms with Crippen molar-refractivity contribution >= 4 is 5.97 Å². The minimum absolute atomic E-state index is 0.481. The van der Waals surface area contributed by atoms with Crippen LogP contribution in [0.25, 0.3) is 0 Å². The van der Waals surface area contributed by atoms with Crippen molar-refractivity contribution in [3.8, 4) is 5.75 Å². The largest absolute Gasteiger partial charge is 0.497 e. The lowest BCUT2D eigenvalue weighted by molar-refractivity contribution is -0.151. The van der Waals surface area contributed by atoms with Crippen molar-refractivity contribution in [2.45, 2.75) is 39.7 Å². The van der Waals surface area contributed by atoms with E-state index in [9.17, 15) is 9.90 Å². The van der Waals surface area contributed by atoms with Crippen LogP contribution in [-0.4, -0.2) is 30.3 Å². The van der Waals surface area contributed by atoms with Gasteiger partial charge in [-0.05, 0) is 58.4 Å². The molecule has 0 fully saturated rings. The van der Waals surface area contributed by atoms with Gasteiger partial charge in [-0.2, -0.15) is 0 Å². The quantitative estimate of drug-likeness (QED) is 0.805. The van der Waals surface area contributed by atoms with Crippen molar-refractivity contribution in [2.75, 3.05) is 13.7 Å². The van der Waals surface area contributed by atoms with Crippen molar-refractivity contribution in [3.63, 3.8) is 0 Å². The first-order chi connectivity index (χ1) is 9.20. The van der Waals surface area contributed by atoms with Crippen LogP contribution in [0.15, 0.2) is 24.3 Å². The molecule has 0 aliphatic carbocycles. The molecule has 1 aromatic carbocycles. The molecule has 4 heteroatoms. The number of benzene rings is 1. The van der Waals surface area contributed by atoms with E-state index in [0.29, 0.717) is 0 Å². The molecule has 2 N–H and O–H groups in total. The molecule has 0 aliphatic rings. The van der Waals surface area contributed by atoms with Gasteiger partial charge >= 0.3 is 5.97 Å². The Balaban J connectivity index is 2.56. The molecule has 20 heavy (non-hydrogen) atoms. The molecule has 0 amide bonds. The summed E-state index contributed by atoms with van der Waals surface area (Å²) in [5, 5.41) is 12.6. The molecule has 4 nitrogen and oxygen atoms in total. The van der Waals surface area contributed by atoms with E-state index < -0.39 is 16.9 Å². The monoisotopic (exact) mass is 279 g/mol. The van der Waals surface area contributed by atoms with Crippen LogP contribution >= 0.6 is 0 Å². The summed E-state index contributed by atoms with van der Waals surface area (Å²) >= 11 is 0. The zero-order valence-electron chi connectivity index (χ0n) is 13.0. The van der Waals surface area contributed by atoms with Gasteiger partial charge in [0, 0.05) is 5.54 Å². The maximum Gasteiger partial charge on any atom is 0.310 e. The number of nitrogens with one attached hydrogen (secondary N) is 1. The molecule has 0 spiro atoms. The molecule has 0 aliphatic heterocycles. The molecule has 0 heterocycles. The summed E-state index contributed by atoms with van der Waals surface area (Å²) in [6.07, 6.45) is 0.850. The number of carboxylic acid groups (broad SMARTS) is 1. The first-order valence-corrected chi connectivity index (χ1v) is 6.82. The molecular weight excluding hydrogens is 254 g/mol. The smallest absolute Gasteiger partial charge is 0.310 e. The fourth-order valence-electron chi connectivity index (χ4n) is 1.80. The first kappa shape index (κ1) is 16.5. The third-order valence-electron chi connectivity index (χ3n) is 4.24. The lowest BCUT2D eigenvalue weighted by atomic mass is 9.74. The van der Waals surface area contributed by atoms with Crippen LogP contribution in [0.3, 0.4) is 0 Å². The van der Waals surface area contributed by atoms with Gasteiger partial charge in [-0.1, -0.05) is 12.1 Å². The van der Waals surface area contributed by atoms with E-state index in [1.807, 2.05) is 38.1 Å². The summed E-state index contributed by atoms with van der Waals surface area (Å²) in [6, 6.07) is 7.91. The molecule has 0 aromatic heterocycles. The third kappa shape index (κ3) is 3.73. The zero-order chi connectivity index (χ0) is 15.4. The number of hydrogen-bond acceptors (Lipinski definition) is 3. The molecule has 0 saturated heterocycles. The van der Waals surface area contributed by atoms with Gasteiger partial charge in [-0.3, -0.25) is 4.79 Å².